The summed E-state index contributed by atoms with van der Waals surface area (Å²) in [6.07, 6.45) is -3.53. The molecule has 1 aromatic rings. The van der Waals surface area contributed by atoms with E-state index in [0.29, 0.717) is 0 Å². The highest BCUT2D eigenvalue weighted by molar-refractivity contribution is 5.69. The SMILES string of the molecule is COC(=O)CC(O)C(O)c1cc(F)c([N+](=O)[O-])cc1C. The van der Waals surface area contributed by atoms with Crippen molar-refractivity contribution in [3.8, 4) is 0 Å². The van der Waals surface area contributed by atoms with Crippen LogP contribution in [-0.2, 0) is 9.53 Å². The van der Waals surface area contributed by atoms with Crippen LogP contribution < -0.4 is 0 Å². The number of ether oxygens (including phenoxy) is 1. The summed E-state index contributed by atoms with van der Waals surface area (Å²) in [5, 5.41) is 30.1. The van der Waals surface area contributed by atoms with E-state index >= 15 is 0 Å². The smallest absolute Gasteiger partial charge is 0.308 e. The van der Waals surface area contributed by atoms with Crippen molar-refractivity contribution in [2.45, 2.75) is 25.6 Å². The molecule has 2 unspecified atom stereocenters. The lowest BCUT2D eigenvalue weighted by molar-refractivity contribution is -0.387. The maximum absolute atomic E-state index is 13.5. The Labute approximate surface area is 113 Å². The van der Waals surface area contributed by atoms with Crippen molar-refractivity contribution in [3.63, 3.8) is 0 Å². The fourth-order valence-corrected chi connectivity index (χ4v) is 1.71. The summed E-state index contributed by atoms with van der Waals surface area (Å²) in [7, 11) is 1.12. The number of aliphatic hydroxyl groups excluding tert-OH is 2. The van der Waals surface area contributed by atoms with Crippen LogP contribution in [0.2, 0.25) is 0 Å². The molecular formula is C12H14FNO6. The van der Waals surface area contributed by atoms with Gasteiger partial charge in [-0.1, -0.05) is 0 Å². The third-order valence-electron chi connectivity index (χ3n) is 2.82. The van der Waals surface area contributed by atoms with Gasteiger partial charge in [0.2, 0.25) is 5.82 Å². The van der Waals surface area contributed by atoms with Crippen LogP contribution in [0.5, 0.6) is 0 Å². The first-order chi connectivity index (χ1) is 9.27. The second-order valence-corrected chi connectivity index (χ2v) is 4.21. The Balaban J connectivity index is 3.04. The molecule has 2 atom stereocenters. The van der Waals surface area contributed by atoms with Gasteiger partial charge in [-0.3, -0.25) is 14.9 Å². The Bertz CT molecular complexity index is 533. The molecule has 0 aliphatic carbocycles. The third kappa shape index (κ3) is 3.49. The number of rotatable bonds is 5. The number of nitrogens with zero attached hydrogens (tertiary/aromatic N) is 1. The summed E-state index contributed by atoms with van der Waals surface area (Å²) in [5.41, 5.74) is -0.514. The van der Waals surface area contributed by atoms with E-state index < -0.39 is 41.0 Å². The monoisotopic (exact) mass is 287 g/mol. The number of nitro benzene ring substituents is 1. The van der Waals surface area contributed by atoms with Crippen LogP contribution in [0.3, 0.4) is 0 Å². The molecule has 0 aliphatic rings. The van der Waals surface area contributed by atoms with Crippen molar-refractivity contribution in [2.24, 2.45) is 0 Å². The number of halogens is 1. The van der Waals surface area contributed by atoms with E-state index in [1.54, 1.807) is 0 Å². The van der Waals surface area contributed by atoms with Gasteiger partial charge in [0.05, 0.1) is 24.6 Å². The number of hydrogen-bond donors (Lipinski definition) is 2. The van der Waals surface area contributed by atoms with Crippen LogP contribution in [0.4, 0.5) is 10.1 Å². The molecule has 0 heterocycles. The fourth-order valence-electron chi connectivity index (χ4n) is 1.71. The molecule has 0 radical (unpaired) electrons. The molecule has 0 bridgehead atoms. The Hall–Kier alpha value is -2.06. The maximum Gasteiger partial charge on any atom is 0.308 e. The maximum atomic E-state index is 13.5. The van der Waals surface area contributed by atoms with Gasteiger partial charge in [-0.2, -0.15) is 4.39 Å². The largest absolute Gasteiger partial charge is 0.469 e. The van der Waals surface area contributed by atoms with E-state index in [1.807, 2.05) is 0 Å². The minimum atomic E-state index is -1.55. The molecule has 0 spiro atoms. The van der Waals surface area contributed by atoms with Crippen molar-refractivity contribution < 1.29 is 29.1 Å². The molecule has 2 N–H and O–H groups in total. The molecule has 0 aliphatic heterocycles. The van der Waals surface area contributed by atoms with Crippen LogP contribution in [0.1, 0.15) is 23.7 Å². The van der Waals surface area contributed by atoms with Gasteiger partial charge in [0.25, 0.3) is 0 Å². The van der Waals surface area contributed by atoms with Crippen molar-refractivity contribution in [3.05, 3.63) is 39.2 Å². The number of aryl methyl sites for hydroxylation is 1. The molecule has 1 aromatic carbocycles. The summed E-state index contributed by atoms with van der Waals surface area (Å²) in [4.78, 5) is 20.7. The molecule has 0 fully saturated rings. The normalized spacial score (nSPS) is 13.7. The Morgan fingerprint density at radius 1 is 1.50 bits per heavy atom. The Morgan fingerprint density at radius 2 is 2.10 bits per heavy atom. The minimum Gasteiger partial charge on any atom is -0.469 e. The zero-order chi connectivity index (χ0) is 15.4. The third-order valence-corrected chi connectivity index (χ3v) is 2.82. The Kier molecular flexibility index (Phi) is 5.12. The van der Waals surface area contributed by atoms with Crippen molar-refractivity contribution >= 4 is 11.7 Å². The van der Waals surface area contributed by atoms with Gasteiger partial charge < -0.3 is 14.9 Å². The van der Waals surface area contributed by atoms with Gasteiger partial charge in [0.15, 0.2) is 0 Å². The molecule has 0 aromatic heterocycles. The average molecular weight is 287 g/mol. The van der Waals surface area contributed by atoms with Crippen LogP contribution in [0, 0.1) is 22.9 Å². The van der Waals surface area contributed by atoms with Gasteiger partial charge >= 0.3 is 11.7 Å². The zero-order valence-electron chi connectivity index (χ0n) is 10.9. The summed E-state index contributed by atoms with van der Waals surface area (Å²) in [6, 6.07) is 1.73. The zero-order valence-corrected chi connectivity index (χ0v) is 10.9. The lowest BCUT2D eigenvalue weighted by Gasteiger charge is -2.19. The highest BCUT2D eigenvalue weighted by atomic mass is 19.1. The van der Waals surface area contributed by atoms with Crippen LogP contribution in [0.25, 0.3) is 0 Å². The molecule has 20 heavy (non-hydrogen) atoms. The molecule has 0 amide bonds. The molecular weight excluding hydrogens is 273 g/mol. The number of hydrogen-bond acceptors (Lipinski definition) is 6. The highest BCUT2D eigenvalue weighted by Gasteiger charge is 2.26. The first-order valence-electron chi connectivity index (χ1n) is 5.65. The lowest BCUT2D eigenvalue weighted by atomic mass is 9.97. The lowest BCUT2D eigenvalue weighted by Crippen LogP contribution is -2.23. The second-order valence-electron chi connectivity index (χ2n) is 4.21. The summed E-state index contributed by atoms with van der Waals surface area (Å²) >= 11 is 0. The number of nitro groups is 1. The Morgan fingerprint density at radius 3 is 2.60 bits per heavy atom. The van der Waals surface area contributed by atoms with Gasteiger partial charge in [-0.25, -0.2) is 0 Å². The first kappa shape index (κ1) is 16.0. The van der Waals surface area contributed by atoms with Gasteiger partial charge in [-0.15, -0.1) is 0 Å². The summed E-state index contributed by atoms with van der Waals surface area (Å²) in [5.74, 6) is -1.86. The van der Waals surface area contributed by atoms with Gasteiger partial charge in [-0.05, 0) is 24.1 Å². The van der Waals surface area contributed by atoms with Crippen LogP contribution >= 0.6 is 0 Å². The van der Waals surface area contributed by atoms with Crippen LogP contribution in [0.15, 0.2) is 12.1 Å². The van der Waals surface area contributed by atoms with Crippen LogP contribution in [-0.4, -0.2) is 34.3 Å². The molecule has 0 saturated heterocycles. The number of carbonyl (C=O) groups excluding carboxylic acids is 1. The molecule has 7 nitrogen and oxygen atoms in total. The quantitative estimate of drug-likeness (QED) is 0.475. The first-order valence-corrected chi connectivity index (χ1v) is 5.65. The second kappa shape index (κ2) is 6.40. The van der Waals surface area contributed by atoms with Crippen molar-refractivity contribution in [1.82, 2.24) is 0 Å². The van der Waals surface area contributed by atoms with E-state index in [2.05, 4.69) is 4.74 Å². The highest BCUT2D eigenvalue weighted by Crippen LogP contribution is 2.28. The molecule has 0 saturated carbocycles. The number of benzene rings is 1. The fraction of sp³-hybridized carbons (Fsp3) is 0.417. The van der Waals surface area contributed by atoms with E-state index in [9.17, 15) is 29.5 Å². The summed E-state index contributed by atoms with van der Waals surface area (Å²) < 4.78 is 17.8. The standard InChI is InChI=1S/C12H14FNO6/c1-6-3-9(14(18)19)8(13)4-7(6)12(17)10(15)5-11(16)20-2/h3-4,10,12,15,17H,5H2,1-2H3. The topological polar surface area (TPSA) is 110 Å². The molecule has 8 heteroatoms. The summed E-state index contributed by atoms with van der Waals surface area (Å²) in [6.45, 7) is 1.43. The van der Waals surface area contributed by atoms with Gasteiger partial charge in [0.1, 0.15) is 6.10 Å². The number of carbonyl (C=O) groups is 1. The van der Waals surface area contributed by atoms with Crippen molar-refractivity contribution in [1.29, 1.82) is 0 Å². The number of methoxy groups -OCH3 is 1. The average Bonchev–Trinajstić information content (AvgIpc) is 2.39. The van der Waals surface area contributed by atoms with E-state index in [4.69, 9.17) is 0 Å². The minimum absolute atomic E-state index is 0.0236. The predicted molar refractivity (Wildman–Crippen MR) is 65.4 cm³/mol. The molecule has 1 rings (SSSR count). The predicted octanol–water partition coefficient (Wildman–Crippen LogP) is 1.000. The number of aliphatic hydroxyl groups is 2. The van der Waals surface area contributed by atoms with E-state index in [-0.39, 0.29) is 11.1 Å². The van der Waals surface area contributed by atoms with Crippen molar-refractivity contribution in [2.75, 3.05) is 7.11 Å². The number of esters is 1. The van der Waals surface area contributed by atoms with E-state index in [1.165, 1.54) is 6.92 Å². The molecule has 110 valence electrons. The van der Waals surface area contributed by atoms with Gasteiger partial charge in [0, 0.05) is 6.07 Å². The van der Waals surface area contributed by atoms with E-state index in [0.717, 1.165) is 19.2 Å².